The van der Waals surface area contributed by atoms with E-state index in [0.29, 0.717) is 18.8 Å². The van der Waals surface area contributed by atoms with Crippen molar-refractivity contribution in [3.8, 4) is 0 Å². The quantitative estimate of drug-likeness (QED) is 0.794. The first kappa shape index (κ1) is 18.4. The van der Waals surface area contributed by atoms with Crippen LogP contribution in [0, 0.1) is 34.0 Å². The number of aliphatic hydroxyl groups is 2. The van der Waals surface area contributed by atoms with Crippen LogP contribution >= 0.6 is 0 Å². The van der Waals surface area contributed by atoms with E-state index in [0.717, 1.165) is 32.1 Å². The number of fused-ring (bicyclic) bond motifs is 5. The summed E-state index contributed by atoms with van der Waals surface area (Å²) in [6.45, 7) is 6.36. The molecule has 0 amide bonds. The van der Waals surface area contributed by atoms with E-state index in [2.05, 4.69) is 20.8 Å². The van der Waals surface area contributed by atoms with Crippen molar-refractivity contribution >= 4 is 11.6 Å². The molecule has 4 rings (SSSR count). The highest BCUT2D eigenvalue weighted by atomic mass is 16.3. The van der Waals surface area contributed by atoms with Gasteiger partial charge in [-0.05, 0) is 72.7 Å². The van der Waals surface area contributed by atoms with Crippen LogP contribution in [0.2, 0.25) is 0 Å². The maximum absolute atomic E-state index is 12.4. The van der Waals surface area contributed by atoms with E-state index in [1.165, 1.54) is 5.57 Å². The van der Waals surface area contributed by atoms with Gasteiger partial charge < -0.3 is 10.2 Å². The van der Waals surface area contributed by atoms with Crippen LogP contribution in [0.1, 0.15) is 65.7 Å². The van der Waals surface area contributed by atoms with Gasteiger partial charge in [-0.15, -0.1) is 0 Å². The Labute approximate surface area is 156 Å². The van der Waals surface area contributed by atoms with Crippen LogP contribution in [0.3, 0.4) is 0 Å². The monoisotopic (exact) mass is 360 g/mol. The maximum atomic E-state index is 12.4. The minimum Gasteiger partial charge on any atom is -0.393 e. The molecule has 7 unspecified atom stereocenters. The predicted molar refractivity (Wildman–Crippen MR) is 98.3 cm³/mol. The van der Waals surface area contributed by atoms with E-state index in [-0.39, 0.29) is 39.6 Å². The van der Waals surface area contributed by atoms with Crippen LogP contribution < -0.4 is 0 Å². The Morgan fingerprint density at radius 2 is 1.88 bits per heavy atom. The third-order valence-corrected chi connectivity index (χ3v) is 9.00. The molecule has 4 heteroatoms. The zero-order chi connectivity index (χ0) is 18.9. The molecule has 2 N–H and O–H groups in total. The lowest BCUT2D eigenvalue weighted by atomic mass is 9.40. The van der Waals surface area contributed by atoms with Crippen molar-refractivity contribution in [2.75, 3.05) is 6.61 Å². The van der Waals surface area contributed by atoms with Crippen LogP contribution in [-0.4, -0.2) is 34.5 Å². The van der Waals surface area contributed by atoms with Gasteiger partial charge in [-0.3, -0.25) is 9.59 Å². The van der Waals surface area contributed by atoms with E-state index in [1.54, 1.807) is 0 Å². The van der Waals surface area contributed by atoms with E-state index >= 15 is 0 Å². The summed E-state index contributed by atoms with van der Waals surface area (Å²) < 4.78 is 0. The topological polar surface area (TPSA) is 74.6 Å². The Kier molecular flexibility index (Phi) is 4.06. The first-order valence-electron chi connectivity index (χ1n) is 10.2. The van der Waals surface area contributed by atoms with Gasteiger partial charge >= 0.3 is 0 Å². The van der Waals surface area contributed by atoms with Crippen molar-refractivity contribution in [1.82, 2.24) is 0 Å². The molecule has 0 aromatic heterocycles. The lowest BCUT2D eigenvalue weighted by Gasteiger charge is -2.65. The Bertz CT molecular complexity index is 682. The summed E-state index contributed by atoms with van der Waals surface area (Å²) in [6, 6.07) is 0. The molecule has 4 nitrogen and oxygen atoms in total. The number of rotatable bonds is 2. The molecule has 0 heterocycles. The average Bonchev–Trinajstić information content (AvgIpc) is 2.92. The van der Waals surface area contributed by atoms with Crippen LogP contribution in [0.5, 0.6) is 0 Å². The smallest absolute Gasteiger partial charge is 0.161 e. The second-order valence-electron chi connectivity index (χ2n) is 10.1. The highest BCUT2D eigenvalue weighted by Crippen LogP contribution is 2.71. The summed E-state index contributed by atoms with van der Waals surface area (Å²) in [4.78, 5) is 24.4. The van der Waals surface area contributed by atoms with Crippen LogP contribution in [0.15, 0.2) is 11.6 Å². The first-order valence-corrected chi connectivity index (χ1v) is 10.2. The molecule has 0 saturated heterocycles. The summed E-state index contributed by atoms with van der Waals surface area (Å²) in [6.07, 6.45) is 7.16. The van der Waals surface area contributed by atoms with Gasteiger partial charge in [-0.1, -0.05) is 26.3 Å². The molecular formula is C22H32O4. The molecule has 0 spiro atoms. The van der Waals surface area contributed by atoms with Crippen LogP contribution in [0.4, 0.5) is 0 Å². The molecule has 0 bridgehead atoms. The van der Waals surface area contributed by atoms with Gasteiger partial charge in [-0.25, -0.2) is 0 Å². The number of carbonyl (C=O) groups is 2. The highest BCUT2D eigenvalue weighted by Gasteiger charge is 2.67. The number of ketones is 2. The minimum atomic E-state index is -0.463. The van der Waals surface area contributed by atoms with Crippen LogP contribution in [0.25, 0.3) is 0 Å². The maximum Gasteiger partial charge on any atom is 0.161 e. The molecule has 0 aromatic carbocycles. The number of hydrogen-bond donors (Lipinski definition) is 2. The molecule has 7 atom stereocenters. The Morgan fingerprint density at radius 3 is 2.58 bits per heavy atom. The first-order chi connectivity index (χ1) is 12.2. The van der Waals surface area contributed by atoms with Gasteiger partial charge in [0.2, 0.25) is 0 Å². The number of aliphatic hydroxyl groups excluding tert-OH is 2. The van der Waals surface area contributed by atoms with Crippen molar-refractivity contribution in [1.29, 1.82) is 0 Å². The number of allylic oxidation sites excluding steroid dienone is 1. The van der Waals surface area contributed by atoms with Crippen molar-refractivity contribution in [2.24, 2.45) is 34.0 Å². The molecular weight excluding hydrogens is 328 g/mol. The van der Waals surface area contributed by atoms with Gasteiger partial charge in [0.1, 0.15) is 6.61 Å². The minimum absolute atomic E-state index is 0.0244. The molecule has 0 radical (unpaired) electrons. The standard InChI is InChI=1S/C22H32O4/c1-20-9-7-14(24)10-13(20)6-8-21(2)18-5-4-15(17(26)12-23)22(18,3)11-16(25)19(20)21/h10,15-16,18-19,23,25H,4-9,11-12H2,1-3H3. The third-order valence-electron chi connectivity index (χ3n) is 9.00. The van der Waals surface area contributed by atoms with Crippen molar-refractivity contribution in [3.05, 3.63) is 11.6 Å². The summed E-state index contributed by atoms with van der Waals surface area (Å²) in [5.41, 5.74) is 0.872. The summed E-state index contributed by atoms with van der Waals surface area (Å²) >= 11 is 0. The Hall–Kier alpha value is -1.00. The third kappa shape index (κ3) is 2.21. The van der Waals surface area contributed by atoms with Gasteiger partial charge in [-0.2, -0.15) is 0 Å². The lowest BCUT2D eigenvalue weighted by molar-refractivity contribution is -0.179. The summed E-state index contributed by atoms with van der Waals surface area (Å²) in [7, 11) is 0. The SMILES string of the molecule is CC12CCC(=O)C=C1CCC1(C)C2C(O)CC2(C)C(C(=O)CO)CCC21. The van der Waals surface area contributed by atoms with Crippen molar-refractivity contribution in [3.63, 3.8) is 0 Å². The van der Waals surface area contributed by atoms with Gasteiger partial charge in [0, 0.05) is 12.3 Å². The van der Waals surface area contributed by atoms with Crippen molar-refractivity contribution in [2.45, 2.75) is 71.8 Å². The Morgan fingerprint density at radius 1 is 1.15 bits per heavy atom. The van der Waals surface area contributed by atoms with E-state index in [1.807, 2.05) is 6.08 Å². The molecule has 26 heavy (non-hydrogen) atoms. The molecule has 3 fully saturated rings. The van der Waals surface area contributed by atoms with Crippen LogP contribution in [-0.2, 0) is 9.59 Å². The largest absolute Gasteiger partial charge is 0.393 e. The molecule has 144 valence electrons. The molecule has 4 aliphatic rings. The molecule has 0 aromatic rings. The summed E-state index contributed by atoms with van der Waals surface area (Å²) in [5, 5.41) is 20.8. The fourth-order valence-electron chi connectivity index (χ4n) is 8.04. The Balaban J connectivity index is 1.77. The fraction of sp³-hybridized carbons (Fsp3) is 0.818. The van der Waals surface area contributed by atoms with E-state index in [9.17, 15) is 19.8 Å². The fourth-order valence-corrected chi connectivity index (χ4v) is 8.04. The zero-order valence-corrected chi connectivity index (χ0v) is 16.3. The predicted octanol–water partition coefficient (Wildman–Crippen LogP) is 3.06. The van der Waals surface area contributed by atoms with E-state index in [4.69, 9.17) is 0 Å². The van der Waals surface area contributed by atoms with E-state index < -0.39 is 12.7 Å². The number of Topliss-reactive ketones (excluding diaryl/α,β-unsaturated/α-hetero) is 1. The van der Waals surface area contributed by atoms with Gasteiger partial charge in [0.25, 0.3) is 0 Å². The summed E-state index contributed by atoms with van der Waals surface area (Å²) in [5.74, 6) is 0.562. The second kappa shape index (κ2) is 5.75. The number of hydrogen-bond acceptors (Lipinski definition) is 4. The van der Waals surface area contributed by atoms with Crippen molar-refractivity contribution < 1.29 is 19.8 Å². The normalized spacial score (nSPS) is 50.5. The van der Waals surface area contributed by atoms with Gasteiger partial charge in [0.15, 0.2) is 11.6 Å². The van der Waals surface area contributed by atoms with Gasteiger partial charge in [0.05, 0.1) is 6.10 Å². The second-order valence-corrected chi connectivity index (χ2v) is 10.1. The molecule has 0 aliphatic heterocycles. The molecule has 3 saturated carbocycles. The molecule has 4 aliphatic carbocycles. The number of carbonyl (C=O) groups excluding carboxylic acids is 2. The zero-order valence-electron chi connectivity index (χ0n) is 16.3. The average molecular weight is 360 g/mol. The highest BCUT2D eigenvalue weighted by molar-refractivity contribution is 5.91. The lowest BCUT2D eigenvalue weighted by Crippen LogP contribution is -2.62.